The first-order valence-corrected chi connectivity index (χ1v) is 8.97. The van der Waals surface area contributed by atoms with Gasteiger partial charge in [-0.25, -0.2) is 0 Å². The van der Waals surface area contributed by atoms with Crippen LogP contribution in [-0.4, -0.2) is 18.0 Å². The first-order chi connectivity index (χ1) is 13.1. The van der Waals surface area contributed by atoms with E-state index in [1.165, 1.54) is 0 Å². The first-order valence-electron chi connectivity index (χ1n) is 8.19. The second kappa shape index (κ2) is 8.66. The van der Waals surface area contributed by atoms with E-state index >= 15 is 0 Å². The van der Waals surface area contributed by atoms with Gasteiger partial charge in [0.15, 0.2) is 10.9 Å². The molecule has 2 N–H and O–H groups in total. The average Bonchev–Trinajstić information content (AvgIpc) is 2.69. The van der Waals surface area contributed by atoms with Gasteiger partial charge in [0.1, 0.15) is 5.75 Å². The maximum absolute atomic E-state index is 12.8. The molecule has 0 aliphatic carbocycles. The Kier molecular flexibility index (Phi) is 6.06. The third-order valence-corrected chi connectivity index (χ3v) is 4.30. The molecule has 0 aromatic heterocycles. The van der Waals surface area contributed by atoms with E-state index in [4.69, 9.17) is 28.6 Å². The summed E-state index contributed by atoms with van der Waals surface area (Å²) in [5, 5.41) is 7.02. The molecule has 0 aliphatic rings. The highest BCUT2D eigenvalue weighted by Crippen LogP contribution is 2.28. The summed E-state index contributed by atoms with van der Waals surface area (Å²) in [6.45, 7) is 0. The third kappa shape index (κ3) is 4.64. The fourth-order valence-corrected chi connectivity index (χ4v) is 2.98. The zero-order valence-corrected chi connectivity index (χ0v) is 16.1. The van der Waals surface area contributed by atoms with Gasteiger partial charge in [-0.15, -0.1) is 0 Å². The predicted molar refractivity (Wildman–Crippen MR) is 114 cm³/mol. The number of anilines is 2. The van der Waals surface area contributed by atoms with Crippen LogP contribution >= 0.6 is 23.8 Å². The summed E-state index contributed by atoms with van der Waals surface area (Å²) < 4.78 is 5.31. The topological polar surface area (TPSA) is 50.4 Å². The molecule has 0 bridgehead atoms. The summed E-state index contributed by atoms with van der Waals surface area (Å²) >= 11 is 11.4. The lowest BCUT2D eigenvalue weighted by atomic mass is 10.0. The molecule has 0 unspecified atom stereocenters. The van der Waals surface area contributed by atoms with Gasteiger partial charge in [0.05, 0.1) is 18.5 Å². The molecule has 3 rings (SSSR count). The van der Waals surface area contributed by atoms with Gasteiger partial charge in [0, 0.05) is 16.1 Å². The zero-order chi connectivity index (χ0) is 19.2. The van der Waals surface area contributed by atoms with E-state index in [2.05, 4.69) is 10.6 Å². The number of halogens is 1. The Hall–Kier alpha value is -2.89. The van der Waals surface area contributed by atoms with Crippen molar-refractivity contribution in [3.05, 3.63) is 88.9 Å². The van der Waals surface area contributed by atoms with E-state index in [0.29, 0.717) is 38.4 Å². The first kappa shape index (κ1) is 18.9. The molecule has 0 heterocycles. The molecule has 0 aliphatic heterocycles. The van der Waals surface area contributed by atoms with E-state index in [0.717, 1.165) is 0 Å². The van der Waals surface area contributed by atoms with Crippen LogP contribution in [0.5, 0.6) is 5.75 Å². The van der Waals surface area contributed by atoms with Crippen molar-refractivity contribution in [1.82, 2.24) is 0 Å². The lowest BCUT2D eigenvalue weighted by Crippen LogP contribution is -2.21. The number of carbonyl (C=O) groups is 1. The Morgan fingerprint density at radius 3 is 2.33 bits per heavy atom. The Bertz CT molecular complexity index is 977. The van der Waals surface area contributed by atoms with Crippen molar-refractivity contribution in [2.75, 3.05) is 17.7 Å². The summed E-state index contributed by atoms with van der Waals surface area (Å²) in [5.41, 5.74) is 2.40. The fraction of sp³-hybridized carbons (Fsp3) is 0.0476. The second-order valence-electron chi connectivity index (χ2n) is 5.66. The summed E-state index contributed by atoms with van der Waals surface area (Å²) in [5.74, 6) is 0.527. The third-order valence-electron chi connectivity index (χ3n) is 3.87. The van der Waals surface area contributed by atoms with Crippen molar-refractivity contribution in [3.8, 4) is 5.75 Å². The quantitative estimate of drug-likeness (QED) is 0.447. The van der Waals surface area contributed by atoms with Gasteiger partial charge in [-0.2, -0.15) is 0 Å². The lowest BCUT2D eigenvalue weighted by molar-refractivity contribution is 0.103. The Labute approximate surface area is 168 Å². The molecule has 3 aromatic carbocycles. The Balaban J connectivity index is 1.81. The molecule has 0 saturated carbocycles. The highest BCUT2D eigenvalue weighted by atomic mass is 35.5. The number of para-hydroxylation sites is 1. The molecule has 0 spiro atoms. The summed E-state index contributed by atoms with van der Waals surface area (Å²) in [7, 11) is 1.57. The number of ketones is 1. The van der Waals surface area contributed by atoms with Gasteiger partial charge < -0.3 is 15.4 Å². The fourth-order valence-electron chi connectivity index (χ4n) is 2.59. The van der Waals surface area contributed by atoms with Crippen molar-refractivity contribution in [1.29, 1.82) is 0 Å². The van der Waals surface area contributed by atoms with Crippen LogP contribution in [-0.2, 0) is 0 Å². The van der Waals surface area contributed by atoms with Crippen LogP contribution in [0, 0.1) is 0 Å². The van der Waals surface area contributed by atoms with E-state index in [-0.39, 0.29) is 5.78 Å². The van der Waals surface area contributed by atoms with E-state index in [1.807, 2.05) is 30.3 Å². The van der Waals surface area contributed by atoms with Crippen LogP contribution in [0.3, 0.4) is 0 Å². The van der Waals surface area contributed by atoms with Gasteiger partial charge in [-0.1, -0.05) is 54.1 Å². The molecular weight excluding hydrogens is 380 g/mol. The number of hydrogen-bond acceptors (Lipinski definition) is 3. The number of carbonyl (C=O) groups excluding carboxylic acids is 1. The summed E-state index contributed by atoms with van der Waals surface area (Å²) in [6.07, 6.45) is 0. The largest absolute Gasteiger partial charge is 0.495 e. The van der Waals surface area contributed by atoms with Crippen molar-refractivity contribution in [2.45, 2.75) is 0 Å². The monoisotopic (exact) mass is 396 g/mol. The number of methoxy groups -OCH3 is 1. The molecule has 136 valence electrons. The molecule has 0 atom stereocenters. The number of hydrogen-bond donors (Lipinski definition) is 2. The maximum Gasteiger partial charge on any atom is 0.195 e. The minimum Gasteiger partial charge on any atom is -0.495 e. The SMILES string of the molecule is COc1ccc(Cl)cc1NC(=S)Nc1ccccc1C(=O)c1ccccc1. The minimum absolute atomic E-state index is 0.0816. The van der Waals surface area contributed by atoms with Gasteiger partial charge >= 0.3 is 0 Å². The lowest BCUT2D eigenvalue weighted by Gasteiger charge is -2.15. The summed E-state index contributed by atoms with van der Waals surface area (Å²) in [6, 6.07) is 21.5. The van der Waals surface area contributed by atoms with Crippen molar-refractivity contribution in [3.63, 3.8) is 0 Å². The number of nitrogens with one attached hydrogen (secondary N) is 2. The number of ether oxygens (including phenoxy) is 1. The molecule has 6 heteroatoms. The van der Waals surface area contributed by atoms with Gasteiger partial charge in [-0.05, 0) is 42.5 Å². The average molecular weight is 397 g/mol. The minimum atomic E-state index is -0.0816. The Morgan fingerprint density at radius 1 is 0.926 bits per heavy atom. The van der Waals surface area contributed by atoms with Crippen LogP contribution in [0.4, 0.5) is 11.4 Å². The van der Waals surface area contributed by atoms with Crippen molar-refractivity contribution in [2.24, 2.45) is 0 Å². The van der Waals surface area contributed by atoms with E-state index < -0.39 is 0 Å². The molecule has 3 aromatic rings. The molecule has 4 nitrogen and oxygen atoms in total. The molecule has 0 saturated heterocycles. The van der Waals surface area contributed by atoms with E-state index in [1.54, 1.807) is 49.6 Å². The normalized spacial score (nSPS) is 10.1. The van der Waals surface area contributed by atoms with Crippen LogP contribution in [0.1, 0.15) is 15.9 Å². The zero-order valence-electron chi connectivity index (χ0n) is 14.5. The molecule has 0 amide bonds. The standard InChI is InChI=1S/C21H17ClN2O2S/c1-26-19-12-11-15(22)13-18(19)24-21(27)23-17-10-6-5-9-16(17)20(25)14-7-3-2-4-8-14/h2-13H,1H3,(H2,23,24,27). The molecule has 0 radical (unpaired) electrons. The van der Waals surface area contributed by atoms with Crippen LogP contribution in [0.2, 0.25) is 5.02 Å². The van der Waals surface area contributed by atoms with Gasteiger partial charge in [-0.3, -0.25) is 4.79 Å². The van der Waals surface area contributed by atoms with Gasteiger partial charge in [0.25, 0.3) is 0 Å². The molecule has 27 heavy (non-hydrogen) atoms. The highest BCUT2D eigenvalue weighted by Gasteiger charge is 2.14. The maximum atomic E-state index is 12.8. The number of rotatable bonds is 5. The number of benzene rings is 3. The molecule has 0 fully saturated rings. The second-order valence-corrected chi connectivity index (χ2v) is 6.51. The Morgan fingerprint density at radius 2 is 1.59 bits per heavy atom. The van der Waals surface area contributed by atoms with E-state index in [9.17, 15) is 4.79 Å². The van der Waals surface area contributed by atoms with Crippen LogP contribution in [0.25, 0.3) is 0 Å². The predicted octanol–water partition coefficient (Wildman–Crippen LogP) is 5.39. The van der Waals surface area contributed by atoms with Gasteiger partial charge in [0.2, 0.25) is 0 Å². The van der Waals surface area contributed by atoms with Crippen LogP contribution in [0.15, 0.2) is 72.8 Å². The highest BCUT2D eigenvalue weighted by molar-refractivity contribution is 7.80. The summed E-state index contributed by atoms with van der Waals surface area (Å²) in [4.78, 5) is 12.8. The number of thiocarbonyl (C=S) groups is 1. The van der Waals surface area contributed by atoms with Crippen LogP contribution < -0.4 is 15.4 Å². The smallest absolute Gasteiger partial charge is 0.195 e. The molecular formula is C21H17ClN2O2S. The van der Waals surface area contributed by atoms with Crippen molar-refractivity contribution >= 4 is 46.1 Å². The van der Waals surface area contributed by atoms with Crippen molar-refractivity contribution < 1.29 is 9.53 Å².